The maximum absolute atomic E-state index is 10.4. The third-order valence-electron chi connectivity index (χ3n) is 3.20. The molecule has 0 saturated carbocycles. The first kappa shape index (κ1) is 13.8. The largest absolute Gasteiger partial charge is 0.384 e. The van der Waals surface area contributed by atoms with E-state index in [1.165, 1.54) is 0 Å². The van der Waals surface area contributed by atoms with Gasteiger partial charge in [0.2, 0.25) is 0 Å². The van der Waals surface area contributed by atoms with Crippen LogP contribution in [0.4, 0.5) is 0 Å². The molecule has 0 spiro atoms. The van der Waals surface area contributed by atoms with Gasteiger partial charge >= 0.3 is 0 Å². The van der Waals surface area contributed by atoms with E-state index < -0.39 is 5.60 Å². The first-order chi connectivity index (χ1) is 9.12. The second-order valence-corrected chi connectivity index (χ2v) is 4.95. The third-order valence-corrected chi connectivity index (χ3v) is 3.20. The van der Waals surface area contributed by atoms with Crippen molar-refractivity contribution in [1.29, 1.82) is 0 Å². The molecule has 4 heteroatoms. The van der Waals surface area contributed by atoms with Crippen LogP contribution < -0.4 is 5.32 Å². The highest BCUT2D eigenvalue weighted by molar-refractivity contribution is 5.21. The maximum atomic E-state index is 10.4. The van der Waals surface area contributed by atoms with Crippen molar-refractivity contribution in [2.24, 2.45) is 0 Å². The average Bonchev–Trinajstić information content (AvgIpc) is 2.87. The van der Waals surface area contributed by atoms with Gasteiger partial charge in [-0.1, -0.05) is 30.3 Å². The molecule has 0 fully saturated rings. The standard InChI is InChI=1S/C15H21N3O/c1-3-18-11-13(10-17-18)9-16-12-15(2,19)14-7-5-4-6-8-14/h4-8,10-11,16,19H,3,9,12H2,1-2H3. The van der Waals surface area contributed by atoms with Gasteiger partial charge < -0.3 is 10.4 Å². The molecule has 1 unspecified atom stereocenters. The third kappa shape index (κ3) is 3.66. The van der Waals surface area contributed by atoms with Gasteiger partial charge in [0, 0.05) is 31.4 Å². The molecule has 2 aromatic rings. The second-order valence-electron chi connectivity index (χ2n) is 4.95. The number of aryl methyl sites for hydroxylation is 1. The molecule has 19 heavy (non-hydrogen) atoms. The van der Waals surface area contributed by atoms with Crippen molar-refractivity contribution < 1.29 is 5.11 Å². The monoisotopic (exact) mass is 259 g/mol. The Bertz CT molecular complexity index is 505. The van der Waals surface area contributed by atoms with Crippen LogP contribution in [0.2, 0.25) is 0 Å². The van der Waals surface area contributed by atoms with Crippen molar-refractivity contribution in [1.82, 2.24) is 15.1 Å². The van der Waals surface area contributed by atoms with Crippen molar-refractivity contribution >= 4 is 0 Å². The molecule has 2 N–H and O–H groups in total. The van der Waals surface area contributed by atoms with Gasteiger partial charge in [-0.05, 0) is 19.4 Å². The zero-order chi connectivity index (χ0) is 13.7. The van der Waals surface area contributed by atoms with Crippen LogP contribution in [0.5, 0.6) is 0 Å². The minimum absolute atomic E-state index is 0.508. The van der Waals surface area contributed by atoms with Crippen molar-refractivity contribution in [2.75, 3.05) is 6.54 Å². The van der Waals surface area contributed by atoms with Crippen LogP contribution in [0, 0.1) is 0 Å². The van der Waals surface area contributed by atoms with E-state index in [4.69, 9.17) is 0 Å². The van der Waals surface area contributed by atoms with E-state index in [2.05, 4.69) is 17.3 Å². The first-order valence-electron chi connectivity index (χ1n) is 6.62. The molecule has 1 aromatic carbocycles. The molecule has 0 amide bonds. The number of aliphatic hydroxyl groups is 1. The van der Waals surface area contributed by atoms with E-state index in [0.29, 0.717) is 13.1 Å². The number of benzene rings is 1. The number of hydrogen-bond donors (Lipinski definition) is 2. The van der Waals surface area contributed by atoms with Gasteiger partial charge in [-0.3, -0.25) is 4.68 Å². The number of hydrogen-bond acceptors (Lipinski definition) is 3. The average molecular weight is 259 g/mol. The number of rotatable bonds is 6. The summed E-state index contributed by atoms with van der Waals surface area (Å²) in [4.78, 5) is 0. The van der Waals surface area contributed by atoms with Crippen LogP contribution in [-0.2, 0) is 18.7 Å². The summed E-state index contributed by atoms with van der Waals surface area (Å²) in [5.41, 5.74) is 1.19. The lowest BCUT2D eigenvalue weighted by molar-refractivity contribution is 0.0567. The van der Waals surface area contributed by atoms with Gasteiger partial charge in [0.1, 0.15) is 0 Å². The molecule has 0 bridgehead atoms. The van der Waals surface area contributed by atoms with Gasteiger partial charge in [0.05, 0.1) is 11.8 Å². The molecule has 2 rings (SSSR count). The van der Waals surface area contributed by atoms with Gasteiger partial charge in [-0.15, -0.1) is 0 Å². The molecule has 1 aromatic heterocycles. The molecule has 1 heterocycles. The van der Waals surface area contributed by atoms with Crippen LogP contribution in [0.3, 0.4) is 0 Å². The van der Waals surface area contributed by atoms with Gasteiger partial charge in [-0.25, -0.2) is 0 Å². The zero-order valence-electron chi connectivity index (χ0n) is 11.5. The maximum Gasteiger partial charge on any atom is 0.0992 e. The Morgan fingerprint density at radius 3 is 2.68 bits per heavy atom. The van der Waals surface area contributed by atoms with E-state index in [-0.39, 0.29) is 0 Å². The molecule has 0 saturated heterocycles. The molecule has 0 aliphatic carbocycles. The molecule has 0 aliphatic heterocycles. The van der Waals surface area contributed by atoms with Crippen molar-refractivity contribution in [3.8, 4) is 0 Å². The Labute approximate surface area is 114 Å². The van der Waals surface area contributed by atoms with E-state index in [9.17, 15) is 5.11 Å². The SMILES string of the molecule is CCn1cc(CNCC(C)(O)c2ccccc2)cn1. The fourth-order valence-electron chi connectivity index (χ4n) is 2.02. The zero-order valence-corrected chi connectivity index (χ0v) is 11.5. The highest BCUT2D eigenvalue weighted by Gasteiger charge is 2.21. The molecule has 0 radical (unpaired) electrons. The van der Waals surface area contributed by atoms with Crippen LogP contribution >= 0.6 is 0 Å². The van der Waals surface area contributed by atoms with Crippen molar-refractivity contribution in [3.63, 3.8) is 0 Å². The molecular formula is C15H21N3O. The lowest BCUT2D eigenvalue weighted by Crippen LogP contribution is -2.35. The second kappa shape index (κ2) is 5.99. The number of nitrogens with one attached hydrogen (secondary N) is 1. The highest BCUT2D eigenvalue weighted by Crippen LogP contribution is 2.19. The van der Waals surface area contributed by atoms with Crippen molar-refractivity contribution in [2.45, 2.75) is 32.5 Å². The number of aromatic nitrogens is 2. The predicted octanol–water partition coefficient (Wildman–Crippen LogP) is 1.90. The van der Waals surface area contributed by atoms with Crippen LogP contribution in [-0.4, -0.2) is 21.4 Å². The van der Waals surface area contributed by atoms with Crippen LogP contribution in [0.25, 0.3) is 0 Å². The Morgan fingerprint density at radius 2 is 2.05 bits per heavy atom. The Morgan fingerprint density at radius 1 is 1.32 bits per heavy atom. The van der Waals surface area contributed by atoms with E-state index >= 15 is 0 Å². The fraction of sp³-hybridized carbons (Fsp3) is 0.400. The summed E-state index contributed by atoms with van der Waals surface area (Å²) in [6, 6.07) is 9.71. The fourth-order valence-corrected chi connectivity index (χ4v) is 2.02. The van der Waals surface area contributed by atoms with Crippen LogP contribution in [0.1, 0.15) is 25.0 Å². The Balaban J connectivity index is 1.88. The quantitative estimate of drug-likeness (QED) is 0.833. The topological polar surface area (TPSA) is 50.1 Å². The summed E-state index contributed by atoms with van der Waals surface area (Å²) < 4.78 is 1.90. The van der Waals surface area contributed by atoms with E-state index in [1.54, 1.807) is 0 Å². The smallest absolute Gasteiger partial charge is 0.0992 e. The molecule has 102 valence electrons. The normalized spacial score (nSPS) is 14.3. The first-order valence-corrected chi connectivity index (χ1v) is 6.62. The Hall–Kier alpha value is -1.65. The van der Waals surface area contributed by atoms with E-state index in [1.807, 2.05) is 54.3 Å². The summed E-state index contributed by atoms with van der Waals surface area (Å²) in [5, 5.41) is 17.9. The predicted molar refractivity (Wildman–Crippen MR) is 75.6 cm³/mol. The van der Waals surface area contributed by atoms with Crippen molar-refractivity contribution in [3.05, 3.63) is 53.9 Å². The van der Waals surface area contributed by atoms with E-state index in [0.717, 1.165) is 17.7 Å². The number of nitrogens with zero attached hydrogens (tertiary/aromatic N) is 2. The van der Waals surface area contributed by atoms with Crippen LogP contribution in [0.15, 0.2) is 42.7 Å². The Kier molecular flexibility index (Phi) is 4.35. The lowest BCUT2D eigenvalue weighted by Gasteiger charge is -2.24. The van der Waals surface area contributed by atoms with Gasteiger partial charge in [-0.2, -0.15) is 5.10 Å². The summed E-state index contributed by atoms with van der Waals surface area (Å²) in [6.45, 7) is 5.98. The highest BCUT2D eigenvalue weighted by atomic mass is 16.3. The minimum Gasteiger partial charge on any atom is -0.384 e. The molecular weight excluding hydrogens is 238 g/mol. The summed E-state index contributed by atoms with van der Waals surface area (Å²) in [5.74, 6) is 0. The molecule has 4 nitrogen and oxygen atoms in total. The summed E-state index contributed by atoms with van der Waals surface area (Å²) in [6.07, 6.45) is 3.87. The minimum atomic E-state index is -0.859. The molecule has 1 atom stereocenters. The van der Waals surface area contributed by atoms with Gasteiger partial charge in [0.15, 0.2) is 0 Å². The summed E-state index contributed by atoms with van der Waals surface area (Å²) >= 11 is 0. The lowest BCUT2D eigenvalue weighted by atomic mass is 9.96. The molecule has 0 aliphatic rings. The van der Waals surface area contributed by atoms with Gasteiger partial charge in [0.25, 0.3) is 0 Å². The summed E-state index contributed by atoms with van der Waals surface area (Å²) in [7, 11) is 0.